The van der Waals surface area contributed by atoms with Crippen LogP contribution in [0.3, 0.4) is 0 Å². The number of morpholine rings is 1. The third-order valence-corrected chi connectivity index (χ3v) is 3.79. The first kappa shape index (κ1) is 16.9. The highest BCUT2D eigenvalue weighted by molar-refractivity contribution is 5.95. The van der Waals surface area contributed by atoms with Crippen molar-refractivity contribution in [1.29, 1.82) is 0 Å². The maximum atomic E-state index is 11.5. The number of hydrogen-bond donors (Lipinski definition) is 1. The smallest absolute Gasteiger partial charge is 0.162 e. The van der Waals surface area contributed by atoms with Crippen LogP contribution in [-0.4, -0.2) is 58.5 Å². The third kappa shape index (κ3) is 5.75. The minimum absolute atomic E-state index is 0.153. The van der Waals surface area contributed by atoms with Gasteiger partial charge in [0.2, 0.25) is 0 Å². The van der Waals surface area contributed by atoms with Gasteiger partial charge in [-0.2, -0.15) is 0 Å². The van der Waals surface area contributed by atoms with E-state index in [0.29, 0.717) is 19.6 Å². The lowest BCUT2D eigenvalue weighted by atomic mass is 10.1. The number of carbonyl (C=O) groups excluding carboxylic acids is 1. The predicted octanol–water partition coefficient (Wildman–Crippen LogP) is 0.590. The van der Waals surface area contributed by atoms with Gasteiger partial charge in [0.1, 0.15) is 32.0 Å². The lowest BCUT2D eigenvalue weighted by molar-refractivity contribution is -0.908. The number of Topliss-reactive ketones (excluding diaryl/α,β-unsaturated/α-hetero) is 1. The van der Waals surface area contributed by atoms with Crippen molar-refractivity contribution in [3.63, 3.8) is 0 Å². The molecule has 5 nitrogen and oxygen atoms in total. The topological polar surface area (TPSA) is 49.2 Å². The van der Waals surface area contributed by atoms with Crippen molar-refractivity contribution >= 4 is 5.78 Å². The van der Waals surface area contributed by atoms with Gasteiger partial charge in [-0.05, 0) is 24.3 Å². The molecule has 1 aliphatic heterocycles. The molecule has 1 aliphatic rings. The van der Waals surface area contributed by atoms with E-state index < -0.39 is 0 Å². The number of quaternary nitrogens is 1. The van der Waals surface area contributed by atoms with E-state index >= 15 is 0 Å². The Morgan fingerprint density at radius 1 is 1.14 bits per heavy atom. The average Bonchev–Trinajstić information content (AvgIpc) is 2.58. The van der Waals surface area contributed by atoms with E-state index in [1.165, 1.54) is 0 Å². The van der Waals surface area contributed by atoms with E-state index in [-0.39, 0.29) is 5.78 Å². The number of ether oxygens (including phenoxy) is 3. The quantitative estimate of drug-likeness (QED) is 0.536. The highest BCUT2D eigenvalue weighted by Crippen LogP contribution is 2.13. The Bertz CT molecular complexity index is 440. The Balaban J connectivity index is 1.55. The summed E-state index contributed by atoms with van der Waals surface area (Å²) in [5, 5.41) is 0. The molecule has 1 N–H and O–H groups in total. The van der Waals surface area contributed by atoms with Crippen LogP contribution in [0.15, 0.2) is 24.3 Å². The summed E-state index contributed by atoms with van der Waals surface area (Å²) in [7, 11) is 0. The minimum Gasteiger partial charge on any atom is -0.491 e. The van der Waals surface area contributed by atoms with Gasteiger partial charge in [-0.3, -0.25) is 4.79 Å². The second kappa shape index (κ2) is 9.56. The van der Waals surface area contributed by atoms with E-state index in [1.807, 2.05) is 31.2 Å². The molecule has 1 fully saturated rings. The maximum absolute atomic E-state index is 11.5. The summed E-state index contributed by atoms with van der Waals surface area (Å²) in [4.78, 5) is 13.1. The lowest BCUT2D eigenvalue weighted by Crippen LogP contribution is -3.14. The SMILES string of the molecule is CCC(=O)c1ccc(OCCOCC[NH+]2CCOCC2)cc1. The summed E-state index contributed by atoms with van der Waals surface area (Å²) < 4.78 is 16.5. The van der Waals surface area contributed by atoms with Gasteiger partial charge >= 0.3 is 0 Å². The third-order valence-electron chi connectivity index (χ3n) is 3.79. The molecule has 2 rings (SSSR count). The molecule has 1 aromatic rings. The molecule has 22 heavy (non-hydrogen) atoms. The summed E-state index contributed by atoms with van der Waals surface area (Å²) in [6.07, 6.45) is 0.527. The van der Waals surface area contributed by atoms with Crippen LogP contribution in [0.25, 0.3) is 0 Å². The number of nitrogens with one attached hydrogen (secondary N) is 1. The van der Waals surface area contributed by atoms with Crippen LogP contribution in [-0.2, 0) is 9.47 Å². The number of benzene rings is 1. The van der Waals surface area contributed by atoms with E-state index in [1.54, 1.807) is 4.90 Å². The molecule has 1 aromatic carbocycles. The first-order chi connectivity index (χ1) is 10.8. The Labute approximate surface area is 132 Å². The molecule has 5 heteroatoms. The summed E-state index contributed by atoms with van der Waals surface area (Å²) >= 11 is 0. The second-order valence-electron chi connectivity index (χ2n) is 5.37. The first-order valence-corrected chi connectivity index (χ1v) is 8.04. The molecule has 1 saturated heterocycles. The molecular formula is C17H26NO4+. The molecule has 0 aromatic heterocycles. The van der Waals surface area contributed by atoms with Crippen molar-refractivity contribution in [3.8, 4) is 5.75 Å². The molecule has 0 unspecified atom stereocenters. The van der Waals surface area contributed by atoms with Gasteiger partial charge in [-0.15, -0.1) is 0 Å². The second-order valence-corrected chi connectivity index (χ2v) is 5.37. The normalized spacial score (nSPS) is 15.7. The van der Waals surface area contributed by atoms with Crippen LogP contribution in [0.4, 0.5) is 0 Å². The van der Waals surface area contributed by atoms with Gasteiger partial charge in [-0.1, -0.05) is 6.92 Å². The van der Waals surface area contributed by atoms with Gasteiger partial charge in [0.05, 0.1) is 26.4 Å². The minimum atomic E-state index is 0.153. The summed E-state index contributed by atoms with van der Waals surface area (Å²) in [5.74, 6) is 0.926. The van der Waals surface area contributed by atoms with E-state index in [0.717, 1.165) is 50.8 Å². The predicted molar refractivity (Wildman–Crippen MR) is 83.8 cm³/mol. The van der Waals surface area contributed by atoms with Gasteiger partial charge in [0.25, 0.3) is 0 Å². The van der Waals surface area contributed by atoms with E-state index in [2.05, 4.69) is 0 Å². The fraction of sp³-hybridized carbons (Fsp3) is 0.588. The van der Waals surface area contributed by atoms with Crippen LogP contribution in [0.2, 0.25) is 0 Å². The lowest BCUT2D eigenvalue weighted by Gasteiger charge is -2.23. The zero-order chi connectivity index (χ0) is 15.6. The molecule has 0 radical (unpaired) electrons. The van der Waals surface area contributed by atoms with Crippen LogP contribution < -0.4 is 9.64 Å². The summed E-state index contributed by atoms with van der Waals surface area (Å²) in [6, 6.07) is 7.29. The fourth-order valence-electron chi connectivity index (χ4n) is 2.39. The molecule has 0 aliphatic carbocycles. The van der Waals surface area contributed by atoms with Gasteiger partial charge < -0.3 is 19.1 Å². The molecule has 122 valence electrons. The van der Waals surface area contributed by atoms with Crippen molar-refractivity contribution in [2.75, 3.05) is 52.7 Å². The molecule has 0 atom stereocenters. The van der Waals surface area contributed by atoms with Crippen molar-refractivity contribution in [1.82, 2.24) is 0 Å². The van der Waals surface area contributed by atoms with Crippen LogP contribution in [0.1, 0.15) is 23.7 Å². The molecular weight excluding hydrogens is 282 g/mol. The van der Waals surface area contributed by atoms with Crippen molar-refractivity contribution in [2.45, 2.75) is 13.3 Å². The molecule has 0 saturated carbocycles. The number of hydrogen-bond acceptors (Lipinski definition) is 4. The Morgan fingerprint density at radius 3 is 2.55 bits per heavy atom. The van der Waals surface area contributed by atoms with Gasteiger partial charge in [0.15, 0.2) is 5.78 Å². The van der Waals surface area contributed by atoms with Crippen molar-refractivity contribution in [3.05, 3.63) is 29.8 Å². The standard InChI is InChI=1S/C17H25NO4/c1-2-17(19)15-3-5-16(6-4-15)22-14-13-21-12-9-18-7-10-20-11-8-18/h3-6H,2,7-14H2,1H3/p+1. The van der Waals surface area contributed by atoms with Crippen molar-refractivity contribution in [2.24, 2.45) is 0 Å². The van der Waals surface area contributed by atoms with E-state index in [9.17, 15) is 4.79 Å². The molecule has 0 bridgehead atoms. The van der Waals surface area contributed by atoms with Crippen LogP contribution in [0, 0.1) is 0 Å². The van der Waals surface area contributed by atoms with Crippen LogP contribution in [0.5, 0.6) is 5.75 Å². The number of carbonyl (C=O) groups is 1. The Kier molecular flexibility index (Phi) is 7.36. The average molecular weight is 308 g/mol. The number of ketones is 1. The zero-order valence-electron chi connectivity index (χ0n) is 13.3. The summed E-state index contributed by atoms with van der Waals surface area (Å²) in [6.45, 7) is 8.61. The summed E-state index contributed by atoms with van der Waals surface area (Å²) in [5.41, 5.74) is 0.736. The molecule has 1 heterocycles. The molecule has 0 amide bonds. The Hall–Kier alpha value is -1.43. The van der Waals surface area contributed by atoms with Gasteiger partial charge in [-0.25, -0.2) is 0 Å². The monoisotopic (exact) mass is 308 g/mol. The zero-order valence-corrected chi connectivity index (χ0v) is 13.3. The fourth-order valence-corrected chi connectivity index (χ4v) is 2.39. The first-order valence-electron chi connectivity index (χ1n) is 8.04. The highest BCUT2D eigenvalue weighted by atomic mass is 16.5. The van der Waals surface area contributed by atoms with E-state index in [4.69, 9.17) is 14.2 Å². The number of rotatable bonds is 9. The largest absolute Gasteiger partial charge is 0.491 e. The van der Waals surface area contributed by atoms with Gasteiger partial charge in [0, 0.05) is 12.0 Å². The highest BCUT2D eigenvalue weighted by Gasteiger charge is 2.12. The maximum Gasteiger partial charge on any atom is 0.162 e. The van der Waals surface area contributed by atoms with Crippen LogP contribution >= 0.6 is 0 Å². The molecule has 0 spiro atoms. The van der Waals surface area contributed by atoms with Crippen molar-refractivity contribution < 1.29 is 23.9 Å². The Morgan fingerprint density at radius 2 is 1.86 bits per heavy atom.